The molecule has 186 valence electrons. The molecule has 3 amide bonds. The molecule has 4 atom stereocenters. The van der Waals surface area contributed by atoms with Gasteiger partial charge in [-0.15, -0.1) is 0 Å². The molecule has 0 bridgehead atoms. The quantitative estimate of drug-likeness (QED) is 0.624. The molecule has 4 fully saturated rings. The van der Waals surface area contributed by atoms with Crippen LogP contribution in [0.3, 0.4) is 0 Å². The van der Waals surface area contributed by atoms with Crippen molar-refractivity contribution < 1.29 is 14.7 Å². The molecule has 4 aliphatic rings. The first-order chi connectivity index (χ1) is 16.3. The molecule has 1 aromatic rings. The maximum Gasteiger partial charge on any atom is 0.322 e. The predicted molar refractivity (Wildman–Crippen MR) is 133 cm³/mol. The molecule has 3 heterocycles. The summed E-state index contributed by atoms with van der Waals surface area (Å²) in [6.07, 6.45) is 8.03. The molecule has 9 heteroatoms. The SMILES string of the molecule is C[C@H]1C(=O)N2[C@@H](CCN3CCCC4(CC4)[C@@H]3O)CCC[C@H]2CN1C(=O)Nc1ccc(Cl)c(Cl)c1. The van der Waals surface area contributed by atoms with Crippen LogP contribution in [-0.4, -0.2) is 75.7 Å². The van der Waals surface area contributed by atoms with E-state index in [9.17, 15) is 14.7 Å². The first-order valence-corrected chi connectivity index (χ1v) is 13.3. The Hall–Kier alpha value is -1.54. The smallest absolute Gasteiger partial charge is 0.322 e. The van der Waals surface area contributed by atoms with Gasteiger partial charge in [0.15, 0.2) is 0 Å². The number of nitrogens with one attached hydrogen (secondary N) is 1. The van der Waals surface area contributed by atoms with Crippen LogP contribution < -0.4 is 5.32 Å². The first-order valence-electron chi connectivity index (χ1n) is 12.6. The van der Waals surface area contributed by atoms with E-state index in [0.29, 0.717) is 22.3 Å². The number of piperazine rings is 1. The minimum Gasteiger partial charge on any atom is -0.378 e. The predicted octanol–water partition coefficient (Wildman–Crippen LogP) is 4.56. The number of carbonyl (C=O) groups excluding carboxylic acids is 2. The van der Waals surface area contributed by atoms with Crippen molar-refractivity contribution in [3.05, 3.63) is 28.2 Å². The molecule has 34 heavy (non-hydrogen) atoms. The van der Waals surface area contributed by atoms with E-state index < -0.39 is 6.04 Å². The maximum absolute atomic E-state index is 13.5. The lowest BCUT2D eigenvalue weighted by atomic mass is 9.88. The van der Waals surface area contributed by atoms with Crippen molar-refractivity contribution in [3.8, 4) is 0 Å². The van der Waals surface area contributed by atoms with Gasteiger partial charge in [0.1, 0.15) is 12.3 Å². The number of aliphatic hydroxyl groups is 1. The number of piperidine rings is 2. The van der Waals surface area contributed by atoms with Crippen LogP contribution in [0.25, 0.3) is 0 Å². The van der Waals surface area contributed by atoms with Crippen LogP contribution in [-0.2, 0) is 4.79 Å². The molecule has 3 saturated heterocycles. The van der Waals surface area contributed by atoms with E-state index in [0.717, 1.165) is 64.5 Å². The summed E-state index contributed by atoms with van der Waals surface area (Å²) in [5.74, 6) is 0.0168. The van der Waals surface area contributed by atoms with Crippen molar-refractivity contribution in [1.82, 2.24) is 14.7 Å². The second-order valence-corrected chi connectivity index (χ2v) is 11.4. The summed E-state index contributed by atoms with van der Waals surface area (Å²) in [4.78, 5) is 32.4. The van der Waals surface area contributed by atoms with Gasteiger partial charge >= 0.3 is 6.03 Å². The van der Waals surface area contributed by atoms with E-state index in [-0.39, 0.29) is 35.7 Å². The van der Waals surface area contributed by atoms with Gasteiger partial charge in [-0.05, 0) is 76.5 Å². The number of nitrogens with zero attached hydrogens (tertiary/aromatic N) is 3. The molecule has 3 aliphatic heterocycles. The van der Waals surface area contributed by atoms with E-state index in [2.05, 4.69) is 15.1 Å². The number of anilines is 1. The van der Waals surface area contributed by atoms with Crippen molar-refractivity contribution >= 4 is 40.8 Å². The van der Waals surface area contributed by atoms with Crippen molar-refractivity contribution in [3.63, 3.8) is 0 Å². The summed E-state index contributed by atoms with van der Waals surface area (Å²) < 4.78 is 0. The van der Waals surface area contributed by atoms with Gasteiger partial charge in [-0.25, -0.2) is 4.79 Å². The van der Waals surface area contributed by atoms with E-state index in [1.54, 1.807) is 23.1 Å². The molecule has 2 N–H and O–H groups in total. The number of hydrogen-bond donors (Lipinski definition) is 2. The molecule has 1 saturated carbocycles. The number of halogens is 2. The second-order valence-electron chi connectivity index (χ2n) is 10.5. The topological polar surface area (TPSA) is 76.1 Å². The Balaban J connectivity index is 1.22. The number of urea groups is 1. The minimum absolute atomic E-state index is 0.0168. The number of hydrogen-bond acceptors (Lipinski definition) is 4. The third-order valence-corrected chi connectivity index (χ3v) is 9.17. The zero-order valence-electron chi connectivity index (χ0n) is 19.7. The number of aliphatic hydroxyl groups excluding tert-OH is 1. The van der Waals surface area contributed by atoms with E-state index in [1.807, 2.05) is 6.92 Å². The number of likely N-dealkylation sites (tertiary alicyclic amines) is 1. The van der Waals surface area contributed by atoms with Gasteiger partial charge in [-0.3, -0.25) is 9.69 Å². The Kier molecular flexibility index (Phi) is 6.75. The third-order valence-electron chi connectivity index (χ3n) is 8.44. The number of rotatable bonds is 4. The zero-order chi connectivity index (χ0) is 24.0. The number of carbonyl (C=O) groups is 2. The maximum atomic E-state index is 13.5. The van der Waals surface area contributed by atoms with Gasteiger partial charge < -0.3 is 20.2 Å². The number of fused-ring (bicyclic) bond motifs is 1. The van der Waals surface area contributed by atoms with Crippen LogP contribution in [0.15, 0.2) is 18.2 Å². The Morgan fingerprint density at radius 1 is 1.18 bits per heavy atom. The Morgan fingerprint density at radius 3 is 2.71 bits per heavy atom. The minimum atomic E-state index is -0.532. The average molecular weight is 509 g/mol. The second kappa shape index (κ2) is 9.49. The van der Waals surface area contributed by atoms with Crippen LogP contribution in [0.1, 0.15) is 58.3 Å². The fourth-order valence-electron chi connectivity index (χ4n) is 6.24. The average Bonchev–Trinajstić information content (AvgIpc) is 3.60. The molecule has 7 nitrogen and oxygen atoms in total. The van der Waals surface area contributed by atoms with Gasteiger partial charge in [0, 0.05) is 42.8 Å². The molecule has 1 aromatic carbocycles. The molecule has 0 aromatic heterocycles. The van der Waals surface area contributed by atoms with Crippen LogP contribution >= 0.6 is 23.2 Å². The van der Waals surface area contributed by atoms with E-state index >= 15 is 0 Å². The molecule has 5 rings (SSSR count). The highest BCUT2D eigenvalue weighted by atomic mass is 35.5. The fraction of sp³-hybridized carbons (Fsp3) is 0.680. The number of benzene rings is 1. The first kappa shape index (κ1) is 24.2. The fourth-order valence-corrected chi connectivity index (χ4v) is 6.54. The molecule has 0 unspecified atom stereocenters. The molecular formula is C25H34Cl2N4O3. The number of amides is 3. The van der Waals surface area contributed by atoms with Crippen LogP contribution in [0.4, 0.5) is 10.5 Å². The summed E-state index contributed by atoms with van der Waals surface area (Å²) in [6, 6.07) is 4.32. The summed E-state index contributed by atoms with van der Waals surface area (Å²) in [5.41, 5.74) is 0.696. The third kappa shape index (κ3) is 4.52. The van der Waals surface area contributed by atoms with Crippen molar-refractivity contribution in [2.45, 2.75) is 82.6 Å². The summed E-state index contributed by atoms with van der Waals surface area (Å²) in [5, 5.41) is 14.5. The largest absolute Gasteiger partial charge is 0.378 e. The highest BCUT2D eigenvalue weighted by Gasteiger charge is 2.52. The normalized spacial score (nSPS) is 30.9. The summed E-state index contributed by atoms with van der Waals surface area (Å²) in [6.45, 7) is 4.09. The lowest BCUT2D eigenvalue weighted by molar-refractivity contribution is -0.150. The Morgan fingerprint density at radius 2 is 1.97 bits per heavy atom. The lowest BCUT2D eigenvalue weighted by Gasteiger charge is -2.51. The Labute approximate surface area is 211 Å². The van der Waals surface area contributed by atoms with E-state index in [4.69, 9.17) is 23.2 Å². The van der Waals surface area contributed by atoms with Crippen LogP contribution in [0.2, 0.25) is 10.0 Å². The van der Waals surface area contributed by atoms with Gasteiger partial charge in [0.05, 0.1) is 10.0 Å². The van der Waals surface area contributed by atoms with Gasteiger partial charge in [0.2, 0.25) is 5.91 Å². The van der Waals surface area contributed by atoms with Crippen LogP contribution in [0.5, 0.6) is 0 Å². The monoisotopic (exact) mass is 508 g/mol. The highest BCUT2D eigenvalue weighted by molar-refractivity contribution is 6.42. The van der Waals surface area contributed by atoms with Gasteiger partial charge in [0.25, 0.3) is 0 Å². The van der Waals surface area contributed by atoms with Crippen molar-refractivity contribution in [2.75, 3.05) is 25.0 Å². The lowest BCUT2D eigenvalue weighted by Crippen LogP contribution is -2.66. The van der Waals surface area contributed by atoms with Crippen molar-refractivity contribution in [1.29, 1.82) is 0 Å². The van der Waals surface area contributed by atoms with E-state index in [1.165, 1.54) is 0 Å². The molecule has 1 aliphatic carbocycles. The van der Waals surface area contributed by atoms with Crippen molar-refractivity contribution in [2.24, 2.45) is 5.41 Å². The summed E-state index contributed by atoms with van der Waals surface area (Å²) >= 11 is 12.1. The molecule has 1 spiro atoms. The van der Waals surface area contributed by atoms with Gasteiger partial charge in [-0.1, -0.05) is 23.2 Å². The summed E-state index contributed by atoms with van der Waals surface area (Å²) in [7, 11) is 0. The zero-order valence-corrected chi connectivity index (χ0v) is 21.2. The standard InChI is InChI=1S/C25H34Cl2N4O3/c1-16-22(32)31-18(8-13-29-12-3-9-25(10-11-25)23(29)33)4-2-5-19(31)15-30(16)24(34)28-17-6-7-20(26)21(27)14-17/h6-7,14,16,18-19,23,33H,2-5,8-13,15H2,1H3,(H,28,34)/t16-,18+,19-,23-/m0/s1. The van der Waals surface area contributed by atoms with Crippen LogP contribution in [0, 0.1) is 5.41 Å². The molecular weight excluding hydrogens is 475 g/mol. The molecule has 0 radical (unpaired) electrons. The highest BCUT2D eigenvalue weighted by Crippen LogP contribution is 2.55. The van der Waals surface area contributed by atoms with Gasteiger partial charge in [-0.2, -0.15) is 0 Å². The Bertz CT molecular complexity index is 956.